The van der Waals surface area contributed by atoms with Crippen LogP contribution in [0.4, 0.5) is 0 Å². The molecule has 2 N–H and O–H groups in total. The van der Waals surface area contributed by atoms with E-state index in [0.717, 1.165) is 18.4 Å². The molecular weight excluding hydrogens is 212 g/mol. The van der Waals surface area contributed by atoms with Crippen LogP contribution in [0.15, 0.2) is 0 Å². The predicted octanol–water partition coefficient (Wildman–Crippen LogP) is 2.07. The molecule has 0 spiro atoms. The monoisotopic (exact) mass is 238 g/mol. The topological polar surface area (TPSA) is 41.1 Å². The Balaban J connectivity index is 1.59. The molecule has 0 heterocycles. The highest BCUT2D eigenvalue weighted by Gasteiger charge is 2.25. The third kappa shape index (κ3) is 4.30. The lowest BCUT2D eigenvalue weighted by Crippen LogP contribution is -2.40. The fraction of sp³-hybridized carbons (Fsp3) is 0.929. The fourth-order valence-corrected chi connectivity index (χ4v) is 2.87. The normalized spacial score (nSPS) is 33.4. The quantitative estimate of drug-likeness (QED) is 0.770. The molecule has 3 nitrogen and oxygen atoms in total. The summed E-state index contributed by atoms with van der Waals surface area (Å²) >= 11 is 0. The Morgan fingerprint density at radius 3 is 2.59 bits per heavy atom. The molecule has 0 bridgehead atoms. The highest BCUT2D eigenvalue weighted by molar-refractivity contribution is 5.76. The van der Waals surface area contributed by atoms with Crippen molar-refractivity contribution in [2.45, 2.75) is 64.5 Å². The van der Waals surface area contributed by atoms with Gasteiger partial charge in [-0.1, -0.05) is 13.8 Å². The number of carbonyl (C=O) groups excluding carboxylic acids is 1. The Kier molecular flexibility index (Phi) is 4.43. The van der Waals surface area contributed by atoms with Gasteiger partial charge in [0.15, 0.2) is 0 Å². The van der Waals surface area contributed by atoms with Crippen molar-refractivity contribution in [2.24, 2.45) is 11.8 Å². The van der Waals surface area contributed by atoms with Gasteiger partial charge in [-0.25, -0.2) is 0 Å². The highest BCUT2D eigenvalue weighted by atomic mass is 16.1. The van der Waals surface area contributed by atoms with Gasteiger partial charge in [-0.3, -0.25) is 4.79 Å². The Hall–Kier alpha value is -0.570. The minimum absolute atomic E-state index is 0.219. The Labute approximate surface area is 105 Å². The van der Waals surface area contributed by atoms with Gasteiger partial charge in [0, 0.05) is 25.0 Å². The average molecular weight is 238 g/mol. The van der Waals surface area contributed by atoms with Crippen molar-refractivity contribution in [2.75, 3.05) is 6.54 Å². The van der Waals surface area contributed by atoms with Crippen LogP contribution >= 0.6 is 0 Å². The van der Waals surface area contributed by atoms with E-state index in [1.807, 2.05) is 0 Å². The molecule has 17 heavy (non-hydrogen) atoms. The minimum Gasteiger partial charge on any atom is -0.353 e. The summed E-state index contributed by atoms with van der Waals surface area (Å²) in [6.07, 6.45) is 6.91. The maximum absolute atomic E-state index is 11.5. The van der Waals surface area contributed by atoms with E-state index in [0.29, 0.717) is 18.5 Å². The first kappa shape index (κ1) is 12.9. The molecule has 0 aromatic rings. The zero-order valence-corrected chi connectivity index (χ0v) is 11.2. The molecule has 2 rings (SSSR count). The van der Waals surface area contributed by atoms with E-state index in [4.69, 9.17) is 0 Å². The van der Waals surface area contributed by atoms with Crippen LogP contribution in [0, 0.1) is 11.8 Å². The van der Waals surface area contributed by atoms with Gasteiger partial charge in [-0.2, -0.15) is 0 Å². The fourth-order valence-electron chi connectivity index (χ4n) is 2.87. The van der Waals surface area contributed by atoms with Gasteiger partial charge < -0.3 is 10.6 Å². The van der Waals surface area contributed by atoms with Crippen molar-refractivity contribution in [1.82, 2.24) is 10.6 Å². The summed E-state index contributed by atoms with van der Waals surface area (Å²) in [5, 5.41) is 6.59. The van der Waals surface area contributed by atoms with Crippen LogP contribution < -0.4 is 10.6 Å². The summed E-state index contributed by atoms with van der Waals surface area (Å²) in [5.41, 5.74) is 0. The van der Waals surface area contributed by atoms with Crippen LogP contribution in [0.5, 0.6) is 0 Å². The molecule has 1 amide bonds. The molecule has 2 aliphatic rings. The molecule has 3 atom stereocenters. The van der Waals surface area contributed by atoms with Gasteiger partial charge in [0.05, 0.1) is 0 Å². The Bertz CT molecular complexity index is 263. The average Bonchev–Trinajstić information content (AvgIpc) is 3.05. The Morgan fingerprint density at radius 2 is 1.94 bits per heavy atom. The van der Waals surface area contributed by atoms with Gasteiger partial charge >= 0.3 is 0 Å². The van der Waals surface area contributed by atoms with E-state index in [1.165, 1.54) is 32.1 Å². The SMILES string of the molecule is CC1CCC(NCCC(=O)NC2CC2)C(C)C1. The van der Waals surface area contributed by atoms with Crippen molar-refractivity contribution >= 4 is 5.91 Å². The number of carbonyl (C=O) groups is 1. The maximum atomic E-state index is 11.5. The van der Waals surface area contributed by atoms with Crippen molar-refractivity contribution in [3.8, 4) is 0 Å². The third-order valence-electron chi connectivity index (χ3n) is 4.13. The molecule has 0 aromatic carbocycles. The largest absolute Gasteiger partial charge is 0.353 e. The number of nitrogens with one attached hydrogen (secondary N) is 2. The zero-order valence-electron chi connectivity index (χ0n) is 11.2. The summed E-state index contributed by atoms with van der Waals surface area (Å²) in [6, 6.07) is 1.12. The second kappa shape index (κ2) is 5.85. The molecule has 0 saturated heterocycles. The molecule has 98 valence electrons. The van der Waals surface area contributed by atoms with Crippen LogP contribution in [0.3, 0.4) is 0 Å². The molecule has 0 aliphatic heterocycles. The summed E-state index contributed by atoms with van der Waals surface area (Å²) in [5.74, 6) is 1.85. The van der Waals surface area contributed by atoms with Gasteiger partial charge in [0.1, 0.15) is 0 Å². The van der Waals surface area contributed by atoms with E-state index >= 15 is 0 Å². The maximum Gasteiger partial charge on any atom is 0.221 e. The van der Waals surface area contributed by atoms with Gasteiger partial charge in [0.25, 0.3) is 0 Å². The molecule has 2 aliphatic carbocycles. The van der Waals surface area contributed by atoms with Crippen LogP contribution in [0.1, 0.15) is 52.4 Å². The summed E-state index contributed by atoms with van der Waals surface area (Å²) < 4.78 is 0. The van der Waals surface area contributed by atoms with E-state index in [9.17, 15) is 4.79 Å². The molecule has 3 unspecified atom stereocenters. The number of hydrogen-bond acceptors (Lipinski definition) is 2. The van der Waals surface area contributed by atoms with Crippen molar-refractivity contribution in [1.29, 1.82) is 0 Å². The number of rotatable bonds is 5. The number of amides is 1. The first-order valence-corrected chi connectivity index (χ1v) is 7.18. The second-order valence-electron chi connectivity index (χ2n) is 6.05. The lowest BCUT2D eigenvalue weighted by atomic mass is 9.80. The predicted molar refractivity (Wildman–Crippen MR) is 69.8 cm³/mol. The first-order valence-electron chi connectivity index (χ1n) is 7.18. The van der Waals surface area contributed by atoms with Crippen LogP contribution in [0.2, 0.25) is 0 Å². The summed E-state index contributed by atoms with van der Waals surface area (Å²) in [7, 11) is 0. The van der Waals surface area contributed by atoms with Crippen molar-refractivity contribution in [3.63, 3.8) is 0 Å². The standard InChI is InChI=1S/C14H26N2O/c1-10-3-6-13(11(2)9-10)15-8-7-14(17)16-12-4-5-12/h10-13,15H,3-9H2,1-2H3,(H,16,17). The molecule has 0 radical (unpaired) electrons. The van der Waals surface area contributed by atoms with E-state index in [2.05, 4.69) is 24.5 Å². The van der Waals surface area contributed by atoms with Gasteiger partial charge in [-0.15, -0.1) is 0 Å². The smallest absolute Gasteiger partial charge is 0.221 e. The molecular formula is C14H26N2O. The minimum atomic E-state index is 0.219. The van der Waals surface area contributed by atoms with Crippen LogP contribution in [-0.4, -0.2) is 24.5 Å². The highest BCUT2D eigenvalue weighted by Crippen LogP contribution is 2.28. The molecule has 2 fully saturated rings. The third-order valence-corrected chi connectivity index (χ3v) is 4.13. The van der Waals surface area contributed by atoms with E-state index in [1.54, 1.807) is 0 Å². The second-order valence-corrected chi connectivity index (χ2v) is 6.05. The van der Waals surface area contributed by atoms with Gasteiger partial charge in [-0.05, 0) is 43.9 Å². The van der Waals surface area contributed by atoms with Crippen molar-refractivity contribution < 1.29 is 4.79 Å². The summed E-state index contributed by atoms with van der Waals surface area (Å²) in [4.78, 5) is 11.5. The lowest BCUT2D eigenvalue weighted by Gasteiger charge is -2.33. The van der Waals surface area contributed by atoms with Gasteiger partial charge in [0.2, 0.25) is 5.91 Å². The molecule has 2 saturated carbocycles. The molecule has 0 aromatic heterocycles. The Morgan fingerprint density at radius 1 is 1.18 bits per heavy atom. The van der Waals surface area contributed by atoms with E-state index < -0.39 is 0 Å². The molecule has 3 heteroatoms. The van der Waals surface area contributed by atoms with Crippen molar-refractivity contribution in [3.05, 3.63) is 0 Å². The number of hydrogen-bond donors (Lipinski definition) is 2. The first-order chi connectivity index (χ1) is 8.15. The van der Waals surface area contributed by atoms with Crippen LogP contribution in [-0.2, 0) is 4.79 Å². The lowest BCUT2D eigenvalue weighted by molar-refractivity contribution is -0.121. The van der Waals surface area contributed by atoms with E-state index in [-0.39, 0.29) is 5.91 Å². The van der Waals surface area contributed by atoms with Crippen LogP contribution in [0.25, 0.3) is 0 Å². The zero-order chi connectivity index (χ0) is 12.3. The summed E-state index contributed by atoms with van der Waals surface area (Å²) in [6.45, 7) is 5.51.